The van der Waals surface area contributed by atoms with Gasteiger partial charge in [0.1, 0.15) is 0 Å². The molecule has 0 bridgehead atoms. The van der Waals surface area contributed by atoms with Crippen LogP contribution in [0, 0.1) is 17.3 Å². The Hall–Kier alpha value is -0.180. The SMILES string of the molecule is CC(OC(F)F)C1CC(C(C)(C)C)C1. The summed E-state index contributed by atoms with van der Waals surface area (Å²) in [4.78, 5) is 0. The smallest absolute Gasteiger partial charge is 0.320 e. The first-order chi connectivity index (χ1) is 6.30. The Morgan fingerprint density at radius 3 is 2.07 bits per heavy atom. The van der Waals surface area contributed by atoms with E-state index in [0.29, 0.717) is 17.3 Å². The molecule has 1 aliphatic carbocycles. The van der Waals surface area contributed by atoms with Gasteiger partial charge in [0.05, 0.1) is 6.10 Å². The molecule has 0 amide bonds. The van der Waals surface area contributed by atoms with Crippen molar-refractivity contribution in [3.63, 3.8) is 0 Å². The van der Waals surface area contributed by atoms with Gasteiger partial charge in [-0.2, -0.15) is 8.78 Å². The minimum Gasteiger partial charge on any atom is -0.320 e. The topological polar surface area (TPSA) is 9.23 Å². The van der Waals surface area contributed by atoms with Gasteiger partial charge in [0, 0.05) is 0 Å². The lowest BCUT2D eigenvalue weighted by molar-refractivity contribution is -0.185. The minimum atomic E-state index is -2.63. The Morgan fingerprint density at radius 2 is 1.71 bits per heavy atom. The molecule has 0 aromatic carbocycles. The molecular formula is C11H20F2O. The first kappa shape index (κ1) is 11.9. The van der Waals surface area contributed by atoms with Crippen molar-refractivity contribution in [2.75, 3.05) is 0 Å². The van der Waals surface area contributed by atoms with Crippen LogP contribution >= 0.6 is 0 Å². The van der Waals surface area contributed by atoms with Gasteiger partial charge in [-0.25, -0.2) is 0 Å². The van der Waals surface area contributed by atoms with E-state index in [0.717, 1.165) is 12.8 Å². The van der Waals surface area contributed by atoms with Crippen LogP contribution in [0.2, 0.25) is 0 Å². The summed E-state index contributed by atoms with van der Waals surface area (Å²) in [7, 11) is 0. The molecule has 1 rings (SSSR count). The Balaban J connectivity index is 2.27. The predicted octanol–water partition coefficient (Wildman–Crippen LogP) is 3.69. The average molecular weight is 206 g/mol. The second kappa shape index (κ2) is 4.13. The van der Waals surface area contributed by atoms with Crippen LogP contribution in [-0.2, 0) is 4.74 Å². The van der Waals surface area contributed by atoms with E-state index < -0.39 is 6.61 Å². The summed E-state index contributed by atoms with van der Waals surface area (Å²) >= 11 is 0. The summed E-state index contributed by atoms with van der Waals surface area (Å²) in [5.74, 6) is 0.990. The summed E-state index contributed by atoms with van der Waals surface area (Å²) < 4.78 is 28.3. The van der Waals surface area contributed by atoms with Crippen molar-refractivity contribution in [3.05, 3.63) is 0 Å². The Morgan fingerprint density at radius 1 is 1.21 bits per heavy atom. The van der Waals surface area contributed by atoms with Gasteiger partial charge in [-0.05, 0) is 37.0 Å². The van der Waals surface area contributed by atoms with E-state index in [4.69, 9.17) is 0 Å². The number of hydrogen-bond donors (Lipinski definition) is 0. The third-order valence-electron chi connectivity index (χ3n) is 3.38. The second-order valence-electron chi connectivity index (χ2n) is 5.40. The molecule has 1 unspecified atom stereocenters. The van der Waals surface area contributed by atoms with Crippen molar-refractivity contribution in [1.29, 1.82) is 0 Å². The van der Waals surface area contributed by atoms with E-state index in [-0.39, 0.29) is 6.10 Å². The Kier molecular flexibility index (Phi) is 3.51. The van der Waals surface area contributed by atoms with Crippen molar-refractivity contribution in [1.82, 2.24) is 0 Å². The lowest BCUT2D eigenvalue weighted by Gasteiger charge is -2.45. The highest BCUT2D eigenvalue weighted by atomic mass is 19.3. The van der Waals surface area contributed by atoms with Crippen LogP contribution in [0.15, 0.2) is 0 Å². The van der Waals surface area contributed by atoms with E-state index in [1.807, 2.05) is 0 Å². The van der Waals surface area contributed by atoms with Gasteiger partial charge in [-0.3, -0.25) is 0 Å². The van der Waals surface area contributed by atoms with Gasteiger partial charge < -0.3 is 4.74 Å². The van der Waals surface area contributed by atoms with Crippen LogP contribution in [0.3, 0.4) is 0 Å². The van der Waals surface area contributed by atoms with Crippen LogP contribution in [0.4, 0.5) is 8.78 Å². The first-order valence-corrected chi connectivity index (χ1v) is 5.24. The number of halogens is 2. The van der Waals surface area contributed by atoms with Gasteiger partial charge in [-0.15, -0.1) is 0 Å². The first-order valence-electron chi connectivity index (χ1n) is 5.24. The Bertz CT molecular complexity index is 180. The summed E-state index contributed by atoms with van der Waals surface area (Å²) in [5.41, 5.74) is 0.307. The maximum Gasteiger partial charge on any atom is 0.345 e. The third kappa shape index (κ3) is 2.91. The second-order valence-corrected chi connectivity index (χ2v) is 5.40. The van der Waals surface area contributed by atoms with Crippen LogP contribution in [-0.4, -0.2) is 12.7 Å². The molecule has 1 saturated carbocycles. The van der Waals surface area contributed by atoms with E-state index in [1.165, 1.54) is 0 Å². The molecule has 0 radical (unpaired) electrons. The highest BCUT2D eigenvalue weighted by Gasteiger charge is 2.40. The third-order valence-corrected chi connectivity index (χ3v) is 3.38. The van der Waals surface area contributed by atoms with Crippen molar-refractivity contribution in [3.8, 4) is 0 Å². The number of alkyl halides is 2. The molecule has 1 atom stereocenters. The quantitative estimate of drug-likeness (QED) is 0.684. The fourth-order valence-electron chi connectivity index (χ4n) is 2.03. The summed E-state index contributed by atoms with van der Waals surface area (Å²) in [6.45, 7) is 5.72. The maximum atomic E-state index is 11.9. The fourth-order valence-corrected chi connectivity index (χ4v) is 2.03. The molecule has 3 heteroatoms. The van der Waals surface area contributed by atoms with Crippen molar-refractivity contribution >= 4 is 0 Å². The Labute approximate surface area is 84.8 Å². The van der Waals surface area contributed by atoms with Gasteiger partial charge in [-0.1, -0.05) is 20.8 Å². The molecule has 14 heavy (non-hydrogen) atoms. The number of hydrogen-bond acceptors (Lipinski definition) is 1. The van der Waals surface area contributed by atoms with Crippen molar-refractivity contribution in [2.24, 2.45) is 17.3 Å². The molecule has 0 N–H and O–H groups in total. The van der Waals surface area contributed by atoms with Crippen LogP contribution in [0.1, 0.15) is 40.5 Å². The normalized spacial score (nSPS) is 30.2. The number of rotatable bonds is 3. The predicted molar refractivity (Wildman–Crippen MR) is 52.2 cm³/mol. The lowest BCUT2D eigenvalue weighted by Crippen LogP contribution is -2.40. The molecule has 0 aliphatic heterocycles. The van der Waals surface area contributed by atoms with Gasteiger partial charge in [0.25, 0.3) is 0 Å². The summed E-state index contributed by atoms with van der Waals surface area (Å²) in [6.07, 6.45) is 1.75. The molecule has 0 aromatic heterocycles. The molecule has 84 valence electrons. The van der Waals surface area contributed by atoms with Crippen LogP contribution < -0.4 is 0 Å². The van der Waals surface area contributed by atoms with Crippen molar-refractivity contribution in [2.45, 2.75) is 53.3 Å². The van der Waals surface area contributed by atoms with E-state index >= 15 is 0 Å². The average Bonchev–Trinajstić information content (AvgIpc) is 1.75. The summed E-state index contributed by atoms with van der Waals surface area (Å²) in [5, 5.41) is 0. The molecule has 0 spiro atoms. The lowest BCUT2D eigenvalue weighted by atomic mass is 9.62. The zero-order valence-electron chi connectivity index (χ0n) is 9.39. The van der Waals surface area contributed by atoms with E-state index in [9.17, 15) is 8.78 Å². The van der Waals surface area contributed by atoms with E-state index in [2.05, 4.69) is 25.5 Å². The van der Waals surface area contributed by atoms with Crippen LogP contribution in [0.25, 0.3) is 0 Å². The van der Waals surface area contributed by atoms with Gasteiger partial charge >= 0.3 is 6.61 Å². The minimum absolute atomic E-state index is 0.298. The standard InChI is InChI=1S/C11H20F2O/c1-7(14-10(12)13)8-5-9(6-8)11(2,3)4/h7-10H,5-6H2,1-4H3. The molecule has 1 fully saturated rings. The molecule has 0 aromatic rings. The molecule has 0 heterocycles. The fraction of sp³-hybridized carbons (Fsp3) is 1.00. The highest BCUT2D eigenvalue weighted by Crippen LogP contribution is 2.47. The molecule has 0 saturated heterocycles. The molecular weight excluding hydrogens is 186 g/mol. The summed E-state index contributed by atoms with van der Waals surface area (Å²) in [6, 6.07) is 0. The van der Waals surface area contributed by atoms with Gasteiger partial charge in [0.2, 0.25) is 0 Å². The largest absolute Gasteiger partial charge is 0.345 e. The number of ether oxygens (including phenoxy) is 1. The molecule has 1 nitrogen and oxygen atoms in total. The van der Waals surface area contributed by atoms with E-state index in [1.54, 1.807) is 6.92 Å². The zero-order valence-corrected chi connectivity index (χ0v) is 9.39. The molecule has 1 aliphatic rings. The van der Waals surface area contributed by atoms with Gasteiger partial charge in [0.15, 0.2) is 0 Å². The van der Waals surface area contributed by atoms with Crippen molar-refractivity contribution < 1.29 is 13.5 Å². The maximum absolute atomic E-state index is 11.9. The highest BCUT2D eigenvalue weighted by molar-refractivity contribution is 4.89. The van der Waals surface area contributed by atoms with Crippen LogP contribution in [0.5, 0.6) is 0 Å². The monoisotopic (exact) mass is 206 g/mol. The zero-order chi connectivity index (χ0) is 10.9.